The third-order valence-corrected chi connectivity index (χ3v) is 5.06. The molecule has 8 heteroatoms. The van der Waals surface area contributed by atoms with E-state index in [0.717, 1.165) is 22.5 Å². The van der Waals surface area contributed by atoms with Gasteiger partial charge in [-0.15, -0.1) is 0 Å². The fourth-order valence-corrected chi connectivity index (χ4v) is 3.35. The second kappa shape index (κ2) is 10.4. The number of amides is 2. The Morgan fingerprint density at radius 3 is 2.33 bits per heavy atom. The number of hydrogen-bond donors (Lipinski definition) is 2. The number of rotatable bonds is 7. The van der Waals surface area contributed by atoms with Gasteiger partial charge in [-0.1, -0.05) is 72.3 Å². The maximum absolute atomic E-state index is 12.2. The first-order chi connectivity index (χ1) is 16.1. The lowest BCUT2D eigenvalue weighted by Crippen LogP contribution is -2.35. The van der Waals surface area contributed by atoms with Crippen LogP contribution in [0.15, 0.2) is 96.2 Å². The van der Waals surface area contributed by atoms with Gasteiger partial charge in [-0.2, -0.15) is 10.2 Å². The van der Waals surface area contributed by atoms with Crippen LogP contribution in [0.5, 0.6) is 0 Å². The van der Waals surface area contributed by atoms with E-state index in [1.807, 2.05) is 66.9 Å². The van der Waals surface area contributed by atoms with Crippen LogP contribution < -0.4 is 10.7 Å². The molecule has 1 heterocycles. The molecule has 33 heavy (non-hydrogen) atoms. The summed E-state index contributed by atoms with van der Waals surface area (Å²) in [5.41, 5.74) is 6.01. The number of aromatic nitrogens is 2. The quantitative estimate of drug-likeness (QED) is 0.324. The van der Waals surface area contributed by atoms with E-state index < -0.39 is 11.8 Å². The molecule has 0 saturated carbocycles. The Morgan fingerprint density at radius 2 is 1.61 bits per heavy atom. The zero-order valence-corrected chi connectivity index (χ0v) is 18.2. The van der Waals surface area contributed by atoms with Gasteiger partial charge in [0.25, 0.3) is 11.8 Å². The lowest BCUT2D eigenvalue weighted by Gasteiger charge is -2.05. The third-order valence-electron chi connectivity index (χ3n) is 4.73. The molecule has 0 unspecified atom stereocenters. The maximum Gasteiger partial charge on any atom is 0.259 e. The molecule has 0 atom stereocenters. The van der Waals surface area contributed by atoms with E-state index in [2.05, 4.69) is 15.8 Å². The smallest absolute Gasteiger partial charge is 0.259 e. The van der Waals surface area contributed by atoms with Gasteiger partial charge in [0.05, 0.1) is 29.0 Å². The topological polar surface area (TPSA) is 88.4 Å². The van der Waals surface area contributed by atoms with Crippen molar-refractivity contribution in [1.82, 2.24) is 20.5 Å². The van der Waals surface area contributed by atoms with E-state index >= 15 is 0 Å². The SMILES string of the molecule is O=C(CNC(=O)c1ccccc1Cl)N/N=C\c1cn(-c2ccccc2)nc1-c1ccccc1. The molecule has 0 aliphatic heterocycles. The monoisotopic (exact) mass is 457 g/mol. The first kappa shape index (κ1) is 22.0. The Bertz CT molecular complexity index is 1290. The average molecular weight is 458 g/mol. The molecule has 0 fully saturated rings. The Morgan fingerprint density at radius 1 is 0.939 bits per heavy atom. The van der Waals surface area contributed by atoms with Crippen LogP contribution in [0.4, 0.5) is 0 Å². The largest absolute Gasteiger partial charge is 0.343 e. The van der Waals surface area contributed by atoms with Gasteiger partial charge in [-0.05, 0) is 24.3 Å². The van der Waals surface area contributed by atoms with Crippen LogP contribution in [0.25, 0.3) is 16.9 Å². The normalized spacial score (nSPS) is 10.8. The summed E-state index contributed by atoms with van der Waals surface area (Å²) < 4.78 is 1.76. The van der Waals surface area contributed by atoms with E-state index in [0.29, 0.717) is 10.6 Å². The van der Waals surface area contributed by atoms with Crippen molar-refractivity contribution in [2.24, 2.45) is 5.10 Å². The summed E-state index contributed by atoms with van der Waals surface area (Å²) in [6.07, 6.45) is 3.37. The van der Waals surface area contributed by atoms with Crippen molar-refractivity contribution in [3.05, 3.63) is 107 Å². The Labute approximate surface area is 195 Å². The summed E-state index contributed by atoms with van der Waals surface area (Å²) in [4.78, 5) is 24.3. The molecule has 0 spiro atoms. The van der Waals surface area contributed by atoms with E-state index in [4.69, 9.17) is 16.7 Å². The second-order valence-corrected chi connectivity index (χ2v) is 7.44. The molecule has 4 aromatic rings. The summed E-state index contributed by atoms with van der Waals surface area (Å²) in [5, 5.41) is 11.6. The van der Waals surface area contributed by atoms with Gasteiger partial charge in [-0.25, -0.2) is 10.1 Å². The molecule has 2 N–H and O–H groups in total. The van der Waals surface area contributed by atoms with Gasteiger partial charge < -0.3 is 5.32 Å². The standard InChI is InChI=1S/C25H20ClN5O2/c26-22-14-8-7-13-21(22)25(33)27-16-23(32)29-28-15-19-17-31(20-11-5-2-6-12-20)30-24(19)18-9-3-1-4-10-18/h1-15,17H,16H2,(H,27,33)(H,29,32)/b28-15-. The summed E-state index contributed by atoms with van der Waals surface area (Å²) in [7, 11) is 0. The summed E-state index contributed by atoms with van der Waals surface area (Å²) in [6.45, 7) is -0.240. The average Bonchev–Trinajstić information content (AvgIpc) is 3.28. The van der Waals surface area contributed by atoms with Gasteiger partial charge in [0.15, 0.2) is 0 Å². The van der Waals surface area contributed by atoms with Gasteiger partial charge in [0.2, 0.25) is 0 Å². The molecule has 0 aliphatic rings. The zero-order valence-electron chi connectivity index (χ0n) is 17.5. The predicted octanol–water partition coefficient (Wildman–Crippen LogP) is 4.07. The minimum atomic E-state index is -0.469. The molecule has 3 aromatic carbocycles. The number of hydrogen-bond acceptors (Lipinski definition) is 4. The molecule has 0 radical (unpaired) electrons. The predicted molar refractivity (Wildman–Crippen MR) is 129 cm³/mol. The highest BCUT2D eigenvalue weighted by atomic mass is 35.5. The number of nitrogens with zero attached hydrogens (tertiary/aromatic N) is 3. The second-order valence-electron chi connectivity index (χ2n) is 7.03. The Balaban J connectivity index is 1.45. The van der Waals surface area contributed by atoms with Crippen LogP contribution in [-0.2, 0) is 4.79 Å². The summed E-state index contributed by atoms with van der Waals surface area (Å²) >= 11 is 6.00. The number of para-hydroxylation sites is 1. The fourth-order valence-electron chi connectivity index (χ4n) is 3.13. The molecule has 0 bridgehead atoms. The first-order valence-corrected chi connectivity index (χ1v) is 10.5. The molecule has 2 amide bonds. The van der Waals surface area contributed by atoms with Crippen LogP contribution in [0, 0.1) is 0 Å². The highest BCUT2D eigenvalue weighted by Crippen LogP contribution is 2.22. The molecule has 164 valence electrons. The van der Waals surface area contributed by atoms with Crippen molar-refractivity contribution in [2.45, 2.75) is 0 Å². The third kappa shape index (κ3) is 5.53. The number of carbonyl (C=O) groups excluding carboxylic acids is 2. The van der Waals surface area contributed by atoms with Crippen LogP contribution in [0.1, 0.15) is 15.9 Å². The van der Waals surface area contributed by atoms with Crippen LogP contribution >= 0.6 is 11.6 Å². The van der Waals surface area contributed by atoms with Gasteiger partial charge >= 0.3 is 0 Å². The van der Waals surface area contributed by atoms with Gasteiger partial charge in [-0.3, -0.25) is 9.59 Å². The highest BCUT2D eigenvalue weighted by molar-refractivity contribution is 6.33. The minimum Gasteiger partial charge on any atom is -0.343 e. The van der Waals surface area contributed by atoms with Crippen molar-refractivity contribution in [3.8, 4) is 16.9 Å². The number of nitrogens with one attached hydrogen (secondary N) is 2. The minimum absolute atomic E-state index is 0.240. The van der Waals surface area contributed by atoms with Crippen molar-refractivity contribution >= 4 is 29.6 Å². The molecule has 7 nitrogen and oxygen atoms in total. The Hall–Kier alpha value is -4.23. The van der Waals surface area contributed by atoms with E-state index in [9.17, 15) is 9.59 Å². The first-order valence-electron chi connectivity index (χ1n) is 10.2. The van der Waals surface area contributed by atoms with Gasteiger partial charge in [0, 0.05) is 17.3 Å². The van der Waals surface area contributed by atoms with Crippen LogP contribution in [-0.4, -0.2) is 34.4 Å². The molecular formula is C25H20ClN5O2. The number of hydrazone groups is 1. The molecule has 0 saturated heterocycles. The van der Waals surface area contributed by atoms with Crippen LogP contribution in [0.3, 0.4) is 0 Å². The molecule has 1 aromatic heterocycles. The van der Waals surface area contributed by atoms with Crippen molar-refractivity contribution < 1.29 is 9.59 Å². The van der Waals surface area contributed by atoms with Crippen molar-refractivity contribution in [2.75, 3.05) is 6.54 Å². The van der Waals surface area contributed by atoms with Crippen LogP contribution in [0.2, 0.25) is 5.02 Å². The fraction of sp³-hybridized carbons (Fsp3) is 0.0400. The lowest BCUT2D eigenvalue weighted by molar-refractivity contribution is -0.120. The molecule has 4 rings (SSSR count). The number of halogens is 1. The summed E-state index contributed by atoms with van der Waals surface area (Å²) in [6, 6.07) is 26.0. The zero-order chi connectivity index (χ0) is 23.0. The number of carbonyl (C=O) groups is 2. The van der Waals surface area contributed by atoms with E-state index in [1.54, 1.807) is 28.9 Å². The molecular weight excluding hydrogens is 438 g/mol. The molecule has 0 aliphatic carbocycles. The van der Waals surface area contributed by atoms with Crippen molar-refractivity contribution in [1.29, 1.82) is 0 Å². The lowest BCUT2D eigenvalue weighted by atomic mass is 10.1. The van der Waals surface area contributed by atoms with E-state index in [-0.39, 0.29) is 6.54 Å². The number of benzene rings is 3. The Kier molecular flexibility index (Phi) is 6.92. The van der Waals surface area contributed by atoms with Gasteiger partial charge in [0.1, 0.15) is 5.69 Å². The van der Waals surface area contributed by atoms with Crippen molar-refractivity contribution in [3.63, 3.8) is 0 Å². The van der Waals surface area contributed by atoms with E-state index in [1.165, 1.54) is 6.21 Å². The maximum atomic E-state index is 12.2. The summed E-state index contributed by atoms with van der Waals surface area (Å²) in [5.74, 6) is -0.904. The highest BCUT2D eigenvalue weighted by Gasteiger charge is 2.12.